The quantitative estimate of drug-likeness (QED) is 0.389. The van der Waals surface area contributed by atoms with Crippen LogP contribution in [0.25, 0.3) is 10.8 Å². The Hall–Kier alpha value is -3.28. The van der Waals surface area contributed by atoms with Crippen LogP contribution in [-0.4, -0.2) is 10.8 Å². The maximum absolute atomic E-state index is 7.36. The van der Waals surface area contributed by atoms with Gasteiger partial charge in [0.05, 0.1) is 5.69 Å². The zero-order chi connectivity index (χ0) is 15.5. The summed E-state index contributed by atoms with van der Waals surface area (Å²) in [6, 6.07) is 14.7. The van der Waals surface area contributed by atoms with Crippen LogP contribution >= 0.6 is 0 Å². The average Bonchev–Trinajstić information content (AvgIpc) is 2.54. The molecule has 0 radical (unpaired) electrons. The summed E-state index contributed by atoms with van der Waals surface area (Å²) in [6.07, 6.45) is 1.71. The van der Waals surface area contributed by atoms with Crippen molar-refractivity contribution in [3.63, 3.8) is 0 Å². The number of amidine groups is 1. The third kappa shape index (κ3) is 2.62. The summed E-state index contributed by atoms with van der Waals surface area (Å²) in [6.45, 7) is 0. The molecule has 0 aliphatic heterocycles. The first-order chi connectivity index (χ1) is 10.6. The maximum atomic E-state index is 7.36. The lowest BCUT2D eigenvalue weighted by Gasteiger charge is -2.03. The van der Waals surface area contributed by atoms with E-state index in [1.165, 1.54) is 0 Å². The van der Waals surface area contributed by atoms with Crippen LogP contribution in [0.1, 0.15) is 5.56 Å². The number of hydrogen-bond acceptors (Lipinski definition) is 5. The number of hydrogen-bond donors (Lipinski definition) is 3. The van der Waals surface area contributed by atoms with Crippen LogP contribution in [0.3, 0.4) is 0 Å². The number of rotatable bonds is 3. The minimum absolute atomic E-state index is 0.0194. The van der Waals surface area contributed by atoms with Crippen molar-refractivity contribution < 1.29 is 0 Å². The highest BCUT2D eigenvalue weighted by Crippen LogP contribution is 2.31. The number of anilines is 1. The number of nitrogens with one attached hydrogen (secondary N) is 1. The molecule has 6 nitrogen and oxygen atoms in total. The average molecular weight is 290 g/mol. The minimum Gasteiger partial charge on any atom is -0.384 e. The summed E-state index contributed by atoms with van der Waals surface area (Å²) in [5.74, 6) is 0.355. The van der Waals surface area contributed by atoms with Gasteiger partial charge >= 0.3 is 0 Å². The number of nitrogens with zero attached hydrogens (tertiary/aromatic N) is 3. The fourth-order valence-electron chi connectivity index (χ4n) is 2.08. The number of aromatic nitrogens is 1. The molecule has 0 aliphatic carbocycles. The molecule has 1 heterocycles. The number of pyridine rings is 1. The number of azo groups is 1. The van der Waals surface area contributed by atoms with Crippen molar-refractivity contribution in [3.05, 3.63) is 60.3 Å². The smallest absolute Gasteiger partial charge is 0.151 e. The van der Waals surface area contributed by atoms with Gasteiger partial charge in [-0.25, -0.2) is 4.98 Å². The Morgan fingerprint density at radius 1 is 1.00 bits per heavy atom. The van der Waals surface area contributed by atoms with E-state index in [1.807, 2.05) is 24.3 Å². The predicted octanol–water partition coefficient (Wildman–Crippen LogP) is 3.52. The van der Waals surface area contributed by atoms with Crippen molar-refractivity contribution >= 4 is 33.8 Å². The normalized spacial score (nSPS) is 11.1. The highest BCUT2D eigenvalue weighted by molar-refractivity contribution is 5.96. The van der Waals surface area contributed by atoms with Crippen molar-refractivity contribution in [2.75, 3.05) is 5.73 Å². The van der Waals surface area contributed by atoms with Crippen molar-refractivity contribution in [1.29, 1.82) is 5.41 Å². The third-order valence-corrected chi connectivity index (χ3v) is 3.25. The lowest BCUT2D eigenvalue weighted by Crippen LogP contribution is -2.10. The Kier molecular flexibility index (Phi) is 3.49. The first-order valence-electron chi connectivity index (χ1n) is 6.64. The van der Waals surface area contributed by atoms with Crippen molar-refractivity contribution in [1.82, 2.24) is 4.98 Å². The van der Waals surface area contributed by atoms with Gasteiger partial charge < -0.3 is 11.5 Å². The van der Waals surface area contributed by atoms with Crippen LogP contribution in [-0.2, 0) is 0 Å². The van der Waals surface area contributed by atoms with E-state index >= 15 is 0 Å². The van der Waals surface area contributed by atoms with Crippen molar-refractivity contribution in [3.8, 4) is 0 Å². The van der Waals surface area contributed by atoms with Gasteiger partial charge in [0.25, 0.3) is 0 Å². The molecule has 0 saturated heterocycles. The van der Waals surface area contributed by atoms with Gasteiger partial charge in [-0.15, -0.1) is 5.11 Å². The second-order valence-electron chi connectivity index (χ2n) is 4.74. The van der Waals surface area contributed by atoms with E-state index in [0.29, 0.717) is 22.8 Å². The molecule has 5 N–H and O–H groups in total. The fourth-order valence-corrected chi connectivity index (χ4v) is 2.08. The van der Waals surface area contributed by atoms with E-state index < -0.39 is 0 Å². The topological polar surface area (TPSA) is 114 Å². The molecule has 0 saturated carbocycles. The first kappa shape index (κ1) is 13.7. The number of nitrogen functional groups attached to an aromatic ring is 2. The van der Waals surface area contributed by atoms with Gasteiger partial charge in [-0.2, -0.15) is 5.11 Å². The van der Waals surface area contributed by atoms with Gasteiger partial charge in [-0.1, -0.05) is 24.3 Å². The molecule has 0 aliphatic rings. The third-order valence-electron chi connectivity index (χ3n) is 3.25. The molecule has 22 heavy (non-hydrogen) atoms. The number of nitrogens with two attached hydrogens (primary N) is 2. The molecule has 0 spiro atoms. The molecule has 0 amide bonds. The second-order valence-corrected chi connectivity index (χ2v) is 4.74. The van der Waals surface area contributed by atoms with E-state index in [2.05, 4.69) is 15.2 Å². The summed E-state index contributed by atoms with van der Waals surface area (Å²) >= 11 is 0. The molecule has 0 atom stereocenters. The van der Waals surface area contributed by atoms with E-state index in [0.717, 1.165) is 10.8 Å². The second kappa shape index (κ2) is 5.61. The van der Waals surface area contributed by atoms with Gasteiger partial charge in [0.15, 0.2) is 5.82 Å². The Labute approximate surface area is 127 Å². The van der Waals surface area contributed by atoms with Crippen molar-refractivity contribution in [2.45, 2.75) is 0 Å². The molecular weight excluding hydrogens is 276 g/mol. The van der Waals surface area contributed by atoms with Gasteiger partial charge in [0.1, 0.15) is 11.5 Å². The van der Waals surface area contributed by atoms with E-state index in [9.17, 15) is 0 Å². The van der Waals surface area contributed by atoms with Crippen LogP contribution in [0, 0.1) is 5.41 Å². The highest BCUT2D eigenvalue weighted by atomic mass is 15.1. The van der Waals surface area contributed by atoms with Gasteiger partial charge in [0, 0.05) is 22.5 Å². The summed E-state index contributed by atoms with van der Waals surface area (Å²) in [7, 11) is 0. The van der Waals surface area contributed by atoms with E-state index in [1.54, 1.807) is 30.5 Å². The Bertz CT molecular complexity index is 867. The number of fused-ring (bicyclic) bond motifs is 1. The zero-order valence-electron chi connectivity index (χ0n) is 11.7. The molecule has 0 bridgehead atoms. The van der Waals surface area contributed by atoms with Crippen LogP contribution in [0.4, 0.5) is 17.2 Å². The Balaban J connectivity index is 1.98. The molecule has 3 rings (SSSR count). The van der Waals surface area contributed by atoms with Crippen molar-refractivity contribution in [2.24, 2.45) is 16.0 Å². The van der Waals surface area contributed by atoms with Crippen LogP contribution in [0.15, 0.2) is 65.0 Å². The molecule has 0 fully saturated rings. The number of benzene rings is 2. The lowest BCUT2D eigenvalue weighted by molar-refractivity contribution is 1.22. The standard InChI is InChI=1S/C16H14N6/c17-15(18)10-5-7-12(8-6-10)21-22-14-13-4-2-1-3-11(13)9-20-16(14)19/h1-9H,(H3,17,18)(H2,19,20). The lowest BCUT2D eigenvalue weighted by atomic mass is 10.1. The maximum Gasteiger partial charge on any atom is 0.151 e. The van der Waals surface area contributed by atoms with Gasteiger partial charge in [-0.3, -0.25) is 5.41 Å². The van der Waals surface area contributed by atoms with Crippen LogP contribution in [0.2, 0.25) is 0 Å². The highest BCUT2D eigenvalue weighted by Gasteiger charge is 2.05. The van der Waals surface area contributed by atoms with E-state index in [-0.39, 0.29) is 5.84 Å². The Morgan fingerprint density at radius 3 is 2.45 bits per heavy atom. The fraction of sp³-hybridized carbons (Fsp3) is 0. The summed E-state index contributed by atoms with van der Waals surface area (Å²) in [5, 5.41) is 17.6. The molecule has 3 aromatic rings. The zero-order valence-corrected chi connectivity index (χ0v) is 11.7. The van der Waals surface area contributed by atoms with Crippen LogP contribution < -0.4 is 11.5 Å². The largest absolute Gasteiger partial charge is 0.384 e. The summed E-state index contributed by atoms with van der Waals surface area (Å²) in [5.41, 5.74) is 13.2. The summed E-state index contributed by atoms with van der Waals surface area (Å²) in [4.78, 5) is 4.14. The Morgan fingerprint density at radius 2 is 1.73 bits per heavy atom. The van der Waals surface area contributed by atoms with Crippen LogP contribution in [0.5, 0.6) is 0 Å². The molecule has 108 valence electrons. The molecular formula is C16H14N6. The molecule has 6 heteroatoms. The van der Waals surface area contributed by atoms with Gasteiger partial charge in [-0.05, 0) is 24.3 Å². The minimum atomic E-state index is 0.0194. The van der Waals surface area contributed by atoms with E-state index in [4.69, 9.17) is 16.9 Å². The molecule has 1 aromatic heterocycles. The monoisotopic (exact) mass is 290 g/mol. The molecule has 2 aromatic carbocycles. The first-order valence-corrected chi connectivity index (χ1v) is 6.64. The SMILES string of the molecule is N=C(N)c1ccc(N=Nc2c(N)ncc3ccccc23)cc1. The molecule has 0 unspecified atom stereocenters. The summed E-state index contributed by atoms with van der Waals surface area (Å²) < 4.78 is 0. The van der Waals surface area contributed by atoms with Gasteiger partial charge in [0.2, 0.25) is 0 Å². The predicted molar refractivity (Wildman–Crippen MR) is 87.8 cm³/mol.